The summed E-state index contributed by atoms with van der Waals surface area (Å²) in [6.07, 6.45) is 6.02. The van der Waals surface area contributed by atoms with Crippen molar-refractivity contribution in [2.45, 2.75) is 31.7 Å². The molecule has 0 spiro atoms. The van der Waals surface area contributed by atoms with Crippen LogP contribution in [0.3, 0.4) is 0 Å². The minimum absolute atomic E-state index is 0.328. The number of guanidine groups is 1. The first kappa shape index (κ1) is 21.1. The Balaban J connectivity index is 1.30. The molecule has 2 aliphatic heterocycles. The highest BCUT2D eigenvalue weighted by Gasteiger charge is 2.25. The van der Waals surface area contributed by atoms with Gasteiger partial charge in [0.1, 0.15) is 5.82 Å². The molecule has 7 nitrogen and oxygen atoms in total. The lowest BCUT2D eigenvalue weighted by Gasteiger charge is -2.22. The van der Waals surface area contributed by atoms with E-state index in [2.05, 4.69) is 25.5 Å². The Kier molecular flexibility index (Phi) is 8.64. The number of hydrogen-bond donors (Lipinski definition) is 2. The Morgan fingerprint density at radius 2 is 2.25 bits per heavy atom. The van der Waals surface area contributed by atoms with E-state index in [0.717, 1.165) is 83.5 Å². The van der Waals surface area contributed by atoms with E-state index in [1.807, 2.05) is 12.1 Å². The van der Waals surface area contributed by atoms with E-state index in [1.165, 1.54) is 0 Å². The van der Waals surface area contributed by atoms with Gasteiger partial charge in [0.05, 0.1) is 5.02 Å². The summed E-state index contributed by atoms with van der Waals surface area (Å²) in [5.41, 5.74) is 0. The van der Waals surface area contributed by atoms with Crippen LogP contribution in [0.25, 0.3) is 0 Å². The molecule has 3 heterocycles. The van der Waals surface area contributed by atoms with Crippen molar-refractivity contribution in [3.63, 3.8) is 0 Å². The van der Waals surface area contributed by atoms with E-state index in [9.17, 15) is 0 Å². The van der Waals surface area contributed by atoms with Gasteiger partial charge < -0.3 is 25.0 Å². The zero-order valence-electron chi connectivity index (χ0n) is 16.7. The Hall–Kier alpha value is -1.57. The predicted octanol–water partition coefficient (Wildman–Crippen LogP) is 2.31. The van der Waals surface area contributed by atoms with Crippen LogP contribution < -0.4 is 15.5 Å². The standard InChI is InChI=1S/C20H32ClN5O2/c1-22-20(24-9-3-11-28-15-16-6-12-27-13-7-16)25-17-5-10-26(14-17)19-18(21)4-2-8-23-19/h2,4,8,16-17H,3,5-7,9-15H2,1H3,(H2,22,24,25). The molecule has 0 aliphatic carbocycles. The topological polar surface area (TPSA) is 71.0 Å². The number of aromatic nitrogens is 1. The number of pyridine rings is 1. The van der Waals surface area contributed by atoms with Crippen molar-refractivity contribution in [1.82, 2.24) is 15.6 Å². The fourth-order valence-corrected chi connectivity index (χ4v) is 3.85. The number of aliphatic imine (C=N–C) groups is 1. The molecule has 156 valence electrons. The largest absolute Gasteiger partial charge is 0.381 e. The average Bonchev–Trinajstić information content (AvgIpc) is 3.19. The van der Waals surface area contributed by atoms with Crippen LogP contribution in [-0.4, -0.2) is 70.1 Å². The predicted molar refractivity (Wildman–Crippen MR) is 113 cm³/mol. The van der Waals surface area contributed by atoms with Gasteiger partial charge in [-0.05, 0) is 43.7 Å². The normalized spacial score (nSPS) is 21.1. The maximum atomic E-state index is 6.27. The molecule has 1 atom stereocenters. The van der Waals surface area contributed by atoms with Crippen LogP contribution in [-0.2, 0) is 9.47 Å². The Bertz CT molecular complexity index is 624. The molecule has 0 bridgehead atoms. The van der Waals surface area contributed by atoms with Gasteiger partial charge in [0.15, 0.2) is 5.96 Å². The summed E-state index contributed by atoms with van der Waals surface area (Å²) >= 11 is 6.27. The summed E-state index contributed by atoms with van der Waals surface area (Å²) in [6.45, 7) is 6.03. The molecule has 8 heteroatoms. The van der Waals surface area contributed by atoms with Gasteiger partial charge in [0.25, 0.3) is 0 Å². The first-order chi connectivity index (χ1) is 13.8. The van der Waals surface area contributed by atoms with Gasteiger partial charge in [-0.2, -0.15) is 0 Å². The SMILES string of the molecule is CN=C(NCCCOCC1CCOCC1)NC1CCN(c2ncccc2Cl)C1. The molecular weight excluding hydrogens is 378 g/mol. The van der Waals surface area contributed by atoms with Gasteiger partial charge >= 0.3 is 0 Å². The lowest BCUT2D eigenvalue weighted by Crippen LogP contribution is -2.45. The smallest absolute Gasteiger partial charge is 0.191 e. The highest BCUT2D eigenvalue weighted by molar-refractivity contribution is 6.32. The van der Waals surface area contributed by atoms with Gasteiger partial charge in [-0.15, -0.1) is 0 Å². The van der Waals surface area contributed by atoms with Crippen LogP contribution in [0.2, 0.25) is 5.02 Å². The van der Waals surface area contributed by atoms with Crippen LogP contribution in [0.1, 0.15) is 25.7 Å². The lowest BCUT2D eigenvalue weighted by molar-refractivity contribution is 0.0203. The van der Waals surface area contributed by atoms with Crippen LogP contribution in [0.15, 0.2) is 23.3 Å². The zero-order valence-corrected chi connectivity index (χ0v) is 17.5. The maximum Gasteiger partial charge on any atom is 0.191 e. The third-order valence-electron chi connectivity index (χ3n) is 5.24. The van der Waals surface area contributed by atoms with Crippen LogP contribution >= 0.6 is 11.6 Å². The Labute approximate surface area is 172 Å². The first-order valence-electron chi connectivity index (χ1n) is 10.2. The summed E-state index contributed by atoms with van der Waals surface area (Å²) in [5, 5.41) is 7.58. The van der Waals surface area contributed by atoms with Gasteiger partial charge in [-0.1, -0.05) is 11.6 Å². The van der Waals surface area contributed by atoms with Gasteiger partial charge in [0, 0.05) is 65.3 Å². The van der Waals surface area contributed by atoms with Crippen molar-refractivity contribution in [2.75, 3.05) is 58.0 Å². The van der Waals surface area contributed by atoms with Gasteiger partial charge in [-0.25, -0.2) is 4.98 Å². The molecule has 1 aromatic heterocycles. The quantitative estimate of drug-likeness (QED) is 0.390. The highest BCUT2D eigenvalue weighted by Crippen LogP contribution is 2.25. The van der Waals surface area contributed by atoms with Crippen molar-refractivity contribution in [2.24, 2.45) is 10.9 Å². The molecule has 2 fully saturated rings. The maximum absolute atomic E-state index is 6.27. The highest BCUT2D eigenvalue weighted by atomic mass is 35.5. The van der Waals surface area contributed by atoms with Crippen LogP contribution in [0.4, 0.5) is 5.82 Å². The van der Waals surface area contributed by atoms with Crippen molar-refractivity contribution in [3.05, 3.63) is 23.4 Å². The van der Waals surface area contributed by atoms with E-state index in [-0.39, 0.29) is 0 Å². The van der Waals surface area contributed by atoms with E-state index in [4.69, 9.17) is 21.1 Å². The second kappa shape index (κ2) is 11.4. The molecule has 1 unspecified atom stereocenters. The van der Waals surface area contributed by atoms with Gasteiger partial charge in [0.2, 0.25) is 0 Å². The molecule has 0 saturated carbocycles. The molecule has 0 amide bonds. The van der Waals surface area contributed by atoms with Gasteiger partial charge in [-0.3, -0.25) is 4.99 Å². The fourth-order valence-electron chi connectivity index (χ4n) is 3.61. The van der Waals surface area contributed by atoms with Crippen molar-refractivity contribution in [1.29, 1.82) is 0 Å². The molecular formula is C20H32ClN5O2. The number of nitrogens with one attached hydrogen (secondary N) is 2. The third-order valence-corrected chi connectivity index (χ3v) is 5.54. The van der Waals surface area contributed by atoms with Crippen LogP contribution in [0, 0.1) is 5.92 Å². The Morgan fingerprint density at radius 3 is 3.04 bits per heavy atom. The number of nitrogens with zero attached hydrogens (tertiary/aromatic N) is 3. The zero-order chi connectivity index (χ0) is 19.6. The molecule has 2 N–H and O–H groups in total. The second-order valence-corrected chi connectivity index (χ2v) is 7.78. The second-order valence-electron chi connectivity index (χ2n) is 7.37. The summed E-state index contributed by atoms with van der Waals surface area (Å²) < 4.78 is 11.2. The summed E-state index contributed by atoms with van der Waals surface area (Å²) in [6, 6.07) is 4.07. The Morgan fingerprint density at radius 1 is 1.39 bits per heavy atom. The average molecular weight is 410 g/mol. The van der Waals surface area contributed by atoms with Crippen LogP contribution in [0.5, 0.6) is 0 Å². The monoisotopic (exact) mass is 409 g/mol. The molecule has 0 radical (unpaired) electrons. The molecule has 3 rings (SSSR count). The summed E-state index contributed by atoms with van der Waals surface area (Å²) in [5.74, 6) is 2.36. The minimum Gasteiger partial charge on any atom is -0.381 e. The summed E-state index contributed by atoms with van der Waals surface area (Å²) in [7, 11) is 1.80. The van der Waals surface area contributed by atoms with E-state index >= 15 is 0 Å². The minimum atomic E-state index is 0.328. The van der Waals surface area contributed by atoms with Crippen molar-refractivity contribution >= 4 is 23.4 Å². The van der Waals surface area contributed by atoms with E-state index in [0.29, 0.717) is 17.0 Å². The fraction of sp³-hybridized carbons (Fsp3) is 0.700. The number of halogens is 1. The van der Waals surface area contributed by atoms with Crippen molar-refractivity contribution < 1.29 is 9.47 Å². The summed E-state index contributed by atoms with van der Waals surface area (Å²) in [4.78, 5) is 11.0. The number of ether oxygens (including phenoxy) is 2. The van der Waals surface area contributed by atoms with E-state index in [1.54, 1.807) is 13.2 Å². The van der Waals surface area contributed by atoms with E-state index < -0.39 is 0 Å². The lowest BCUT2D eigenvalue weighted by atomic mass is 10.0. The third kappa shape index (κ3) is 6.50. The first-order valence-corrected chi connectivity index (χ1v) is 10.6. The number of hydrogen-bond acceptors (Lipinski definition) is 5. The molecule has 2 saturated heterocycles. The number of anilines is 1. The van der Waals surface area contributed by atoms with Crippen molar-refractivity contribution in [3.8, 4) is 0 Å². The molecule has 0 aromatic carbocycles. The molecule has 1 aromatic rings. The number of rotatable bonds is 8. The molecule has 28 heavy (non-hydrogen) atoms. The molecule has 2 aliphatic rings.